The number of anilines is 2. The molecule has 0 saturated heterocycles. The Morgan fingerprint density at radius 1 is 1.10 bits per heavy atom. The second-order valence-electron chi connectivity index (χ2n) is 9.78. The molecule has 0 unspecified atom stereocenters. The molecule has 1 aromatic carbocycles. The van der Waals surface area contributed by atoms with Crippen LogP contribution in [0.3, 0.4) is 0 Å². The average molecular weight is 597 g/mol. The number of benzene rings is 1. The van der Waals surface area contributed by atoms with E-state index in [0.717, 1.165) is 46.4 Å². The molecular weight excluding hydrogens is 573 g/mol. The van der Waals surface area contributed by atoms with Gasteiger partial charge in [0.2, 0.25) is 10.0 Å². The summed E-state index contributed by atoms with van der Waals surface area (Å²) in [5.74, 6) is 1.02. The van der Waals surface area contributed by atoms with Gasteiger partial charge in [-0.05, 0) is 55.3 Å². The van der Waals surface area contributed by atoms with Crippen LogP contribution in [0.25, 0.3) is 22.5 Å². The van der Waals surface area contributed by atoms with Gasteiger partial charge in [0.15, 0.2) is 0 Å². The fourth-order valence-electron chi connectivity index (χ4n) is 4.74. The SMILES string of the molecule is Cc1cc(/N=c2\ncc3cc(-c4cc(NS(=O)(=O)Cc5cc(C(F)(F)F)ccn5)ccc4C)c4n(c-3n2)CCN4)on1. The number of sulfonamides is 1. The number of pyridine rings is 2. The first-order valence-corrected chi connectivity index (χ1v) is 14.4. The predicted octanol–water partition coefficient (Wildman–Crippen LogP) is 4.67. The van der Waals surface area contributed by atoms with E-state index in [9.17, 15) is 21.6 Å². The molecule has 0 saturated carbocycles. The molecule has 11 nitrogen and oxygen atoms in total. The molecule has 6 rings (SSSR count). The number of nitrogens with zero attached hydrogens (tertiary/aromatic N) is 6. The van der Waals surface area contributed by atoms with Crippen molar-refractivity contribution in [3.8, 4) is 22.5 Å². The Bertz CT molecular complexity index is 1970. The van der Waals surface area contributed by atoms with Crippen molar-refractivity contribution in [2.24, 2.45) is 4.99 Å². The van der Waals surface area contributed by atoms with E-state index in [1.807, 2.05) is 17.6 Å². The van der Waals surface area contributed by atoms with Gasteiger partial charge < -0.3 is 14.4 Å². The van der Waals surface area contributed by atoms with Crippen LogP contribution >= 0.6 is 0 Å². The number of nitrogens with one attached hydrogen (secondary N) is 2. The lowest BCUT2D eigenvalue weighted by atomic mass is 9.98. The highest BCUT2D eigenvalue weighted by Crippen LogP contribution is 2.39. The summed E-state index contributed by atoms with van der Waals surface area (Å²) in [6.45, 7) is 4.97. The monoisotopic (exact) mass is 596 g/mol. The summed E-state index contributed by atoms with van der Waals surface area (Å²) in [5, 5.41) is 7.20. The zero-order chi connectivity index (χ0) is 29.6. The molecule has 0 spiro atoms. The number of alkyl halides is 3. The van der Waals surface area contributed by atoms with Crippen LogP contribution in [0.5, 0.6) is 0 Å². The van der Waals surface area contributed by atoms with E-state index in [-0.39, 0.29) is 17.0 Å². The van der Waals surface area contributed by atoms with E-state index in [0.29, 0.717) is 30.5 Å². The largest absolute Gasteiger partial charge is 0.416 e. The molecule has 0 radical (unpaired) electrons. The van der Waals surface area contributed by atoms with Gasteiger partial charge in [0.1, 0.15) is 17.4 Å². The summed E-state index contributed by atoms with van der Waals surface area (Å²) >= 11 is 0. The fourth-order valence-corrected chi connectivity index (χ4v) is 5.85. The van der Waals surface area contributed by atoms with Gasteiger partial charge in [-0.2, -0.15) is 23.1 Å². The van der Waals surface area contributed by atoms with E-state index in [1.165, 1.54) is 0 Å². The van der Waals surface area contributed by atoms with E-state index >= 15 is 0 Å². The number of hydrogen-bond acceptors (Lipinski definition) is 9. The summed E-state index contributed by atoms with van der Waals surface area (Å²) in [6, 6.07) is 10.2. The zero-order valence-corrected chi connectivity index (χ0v) is 23.1. The third-order valence-corrected chi connectivity index (χ3v) is 7.82. The van der Waals surface area contributed by atoms with Crippen molar-refractivity contribution in [3.63, 3.8) is 0 Å². The quantitative estimate of drug-likeness (QED) is 0.288. The molecule has 15 heteroatoms. The van der Waals surface area contributed by atoms with E-state index < -0.39 is 27.5 Å². The molecule has 5 heterocycles. The van der Waals surface area contributed by atoms with E-state index in [4.69, 9.17) is 4.52 Å². The standard InChI is InChI=1S/C27H23F3N8O3S/c1-15-3-4-19(37-42(39,40)14-20-11-18(5-6-31-20)27(28,29)30)12-21(15)22-10-17-13-33-26(34-23-9-16(2)36-41-23)35-24(17)38-8-7-32-25(22)38/h3-6,9-13,32,37H,7-8,14H2,1-2H3/b34-26+. The summed E-state index contributed by atoms with van der Waals surface area (Å²) in [7, 11) is -4.08. The first kappa shape index (κ1) is 27.4. The minimum absolute atomic E-state index is 0.218. The molecule has 2 aromatic heterocycles. The number of aryl methyl sites for hydroxylation is 2. The van der Waals surface area contributed by atoms with Gasteiger partial charge >= 0.3 is 6.18 Å². The second-order valence-corrected chi connectivity index (χ2v) is 11.5. The highest BCUT2D eigenvalue weighted by Gasteiger charge is 2.31. The van der Waals surface area contributed by atoms with Gasteiger partial charge in [-0.3, -0.25) is 9.71 Å². The van der Waals surface area contributed by atoms with Crippen LogP contribution in [0.1, 0.15) is 22.5 Å². The first-order valence-electron chi connectivity index (χ1n) is 12.7. The first-order chi connectivity index (χ1) is 19.9. The van der Waals surface area contributed by atoms with Crippen molar-refractivity contribution < 1.29 is 26.1 Å². The number of fused-ring (bicyclic) bond motifs is 3. The average Bonchev–Trinajstić information content (AvgIpc) is 3.58. The van der Waals surface area contributed by atoms with Crippen LogP contribution in [0, 0.1) is 13.8 Å². The van der Waals surface area contributed by atoms with Crippen LogP contribution in [0.2, 0.25) is 0 Å². The Labute approximate surface area is 237 Å². The minimum atomic E-state index is -4.61. The van der Waals surface area contributed by atoms with Gasteiger partial charge in [-0.25, -0.2) is 13.4 Å². The maximum absolute atomic E-state index is 13.1. The summed E-state index contributed by atoms with van der Waals surface area (Å²) in [6.07, 6.45) is -2.01. The van der Waals surface area contributed by atoms with Crippen LogP contribution in [0.15, 0.2) is 64.4 Å². The highest BCUT2D eigenvalue weighted by molar-refractivity contribution is 7.91. The molecule has 2 N–H and O–H groups in total. The van der Waals surface area contributed by atoms with Crippen LogP contribution < -0.4 is 15.7 Å². The number of rotatable bonds is 6. The van der Waals surface area contributed by atoms with Crippen molar-refractivity contribution in [1.29, 1.82) is 0 Å². The third-order valence-electron chi connectivity index (χ3n) is 6.60. The molecular formula is C27H23F3N8O3S. The molecule has 0 aliphatic carbocycles. The van der Waals surface area contributed by atoms with E-state index in [2.05, 4.69) is 35.1 Å². The van der Waals surface area contributed by atoms with Gasteiger partial charge in [-0.15, -0.1) is 0 Å². The molecule has 42 heavy (non-hydrogen) atoms. The third kappa shape index (κ3) is 5.54. The lowest BCUT2D eigenvalue weighted by molar-refractivity contribution is -0.137. The molecule has 3 aromatic rings. The Hall–Kier alpha value is -4.79. The van der Waals surface area contributed by atoms with E-state index in [1.54, 1.807) is 37.4 Å². The molecule has 216 valence electrons. The van der Waals surface area contributed by atoms with Crippen LogP contribution in [0.4, 0.5) is 30.6 Å². The van der Waals surface area contributed by atoms with Crippen molar-refractivity contribution in [2.45, 2.75) is 32.3 Å². The molecule has 0 fully saturated rings. The predicted molar refractivity (Wildman–Crippen MR) is 147 cm³/mol. The lowest BCUT2D eigenvalue weighted by Crippen LogP contribution is -2.17. The van der Waals surface area contributed by atoms with Gasteiger partial charge in [0.05, 0.1) is 17.0 Å². The number of halogens is 3. The minimum Gasteiger partial charge on any atom is -0.369 e. The smallest absolute Gasteiger partial charge is 0.369 e. The Morgan fingerprint density at radius 2 is 1.93 bits per heavy atom. The Morgan fingerprint density at radius 3 is 2.69 bits per heavy atom. The highest BCUT2D eigenvalue weighted by atomic mass is 32.2. The maximum atomic E-state index is 13.1. The summed E-state index contributed by atoms with van der Waals surface area (Å²) in [4.78, 5) is 17.1. The molecule has 0 atom stereocenters. The van der Waals surface area contributed by atoms with Crippen LogP contribution in [-0.4, -0.2) is 39.6 Å². The normalized spacial score (nSPS) is 13.8. The number of aromatic nitrogens is 5. The number of hydrogen-bond donors (Lipinski definition) is 2. The van der Waals surface area contributed by atoms with Crippen molar-refractivity contribution >= 4 is 27.4 Å². The molecule has 3 aliphatic rings. The van der Waals surface area contributed by atoms with Crippen molar-refractivity contribution in [3.05, 3.63) is 83.0 Å². The summed E-state index contributed by atoms with van der Waals surface area (Å²) < 4.78 is 74.7. The topological polar surface area (TPSA) is 140 Å². The fraction of sp³-hybridized carbons (Fsp3) is 0.222. The van der Waals surface area contributed by atoms with Gasteiger partial charge in [0.25, 0.3) is 11.5 Å². The summed E-state index contributed by atoms with van der Waals surface area (Å²) in [5.41, 5.74) is 3.15. The van der Waals surface area contributed by atoms with Crippen molar-refractivity contribution in [1.82, 2.24) is 24.7 Å². The van der Waals surface area contributed by atoms with Crippen molar-refractivity contribution in [2.75, 3.05) is 16.6 Å². The second kappa shape index (κ2) is 10.2. The maximum Gasteiger partial charge on any atom is 0.416 e. The zero-order valence-electron chi connectivity index (χ0n) is 22.3. The van der Waals surface area contributed by atoms with Crippen LogP contribution in [-0.2, 0) is 28.5 Å². The molecule has 0 amide bonds. The van der Waals surface area contributed by atoms with Gasteiger partial charge in [-0.1, -0.05) is 11.2 Å². The molecule has 0 bridgehead atoms. The lowest BCUT2D eigenvalue weighted by Gasteiger charge is -2.19. The Balaban J connectivity index is 1.34. The molecule has 3 aliphatic heterocycles. The van der Waals surface area contributed by atoms with Gasteiger partial charge in [0, 0.05) is 48.4 Å². The Kier molecular flexibility index (Phi) is 6.68.